The maximum Gasteiger partial charge on any atom is 0.279 e. The van der Waals surface area contributed by atoms with Gasteiger partial charge < -0.3 is 4.57 Å². The van der Waals surface area contributed by atoms with Crippen LogP contribution >= 0.6 is 23.1 Å². The van der Waals surface area contributed by atoms with E-state index in [9.17, 15) is 9.18 Å². The van der Waals surface area contributed by atoms with Gasteiger partial charge in [0.25, 0.3) is 5.91 Å². The van der Waals surface area contributed by atoms with Crippen LogP contribution in [0.4, 0.5) is 4.39 Å². The first-order chi connectivity index (χ1) is 12.0. The van der Waals surface area contributed by atoms with Crippen molar-refractivity contribution < 1.29 is 9.18 Å². The standard InChI is InChI=1S/C19H19FN2OS2/c1-12-4-5-13(2)15(10-12)18(23)21-19-22(8-9-24-3)16-7-6-14(20)11-17(16)25-19/h4-7,10-11H,8-9H2,1-3H3. The summed E-state index contributed by atoms with van der Waals surface area (Å²) < 4.78 is 16.3. The fraction of sp³-hybridized carbons (Fsp3) is 0.263. The third-order valence-corrected chi connectivity index (χ3v) is 5.62. The summed E-state index contributed by atoms with van der Waals surface area (Å²) in [7, 11) is 0. The Morgan fingerprint density at radius 1 is 1.24 bits per heavy atom. The van der Waals surface area contributed by atoms with Crippen LogP contribution < -0.4 is 4.80 Å². The number of aryl methyl sites for hydroxylation is 3. The lowest BCUT2D eigenvalue weighted by molar-refractivity contribution is 0.0997. The molecule has 0 unspecified atom stereocenters. The number of fused-ring (bicyclic) bond motifs is 1. The minimum absolute atomic E-state index is 0.258. The van der Waals surface area contributed by atoms with Gasteiger partial charge in [-0.1, -0.05) is 29.0 Å². The van der Waals surface area contributed by atoms with Gasteiger partial charge in [0.1, 0.15) is 5.82 Å². The number of nitrogens with zero attached hydrogens (tertiary/aromatic N) is 2. The van der Waals surface area contributed by atoms with Gasteiger partial charge in [0, 0.05) is 17.9 Å². The van der Waals surface area contributed by atoms with Crippen LogP contribution in [0.15, 0.2) is 41.4 Å². The number of thiazole rings is 1. The van der Waals surface area contributed by atoms with Crippen LogP contribution in [-0.4, -0.2) is 22.5 Å². The second-order valence-corrected chi connectivity index (χ2v) is 7.87. The Hall–Kier alpha value is -1.92. The van der Waals surface area contributed by atoms with E-state index in [0.717, 1.165) is 33.6 Å². The summed E-state index contributed by atoms with van der Waals surface area (Å²) in [5.41, 5.74) is 3.45. The Morgan fingerprint density at radius 3 is 2.80 bits per heavy atom. The van der Waals surface area contributed by atoms with Crippen LogP contribution in [0.3, 0.4) is 0 Å². The quantitative estimate of drug-likeness (QED) is 0.671. The molecular weight excluding hydrogens is 355 g/mol. The highest BCUT2D eigenvalue weighted by molar-refractivity contribution is 7.98. The van der Waals surface area contributed by atoms with Gasteiger partial charge in [-0.3, -0.25) is 4.79 Å². The molecule has 0 fully saturated rings. The molecule has 6 heteroatoms. The summed E-state index contributed by atoms with van der Waals surface area (Å²) in [6, 6.07) is 10.5. The fourth-order valence-electron chi connectivity index (χ4n) is 2.64. The van der Waals surface area contributed by atoms with E-state index in [1.54, 1.807) is 17.8 Å². The van der Waals surface area contributed by atoms with E-state index in [2.05, 4.69) is 4.99 Å². The van der Waals surface area contributed by atoms with Gasteiger partial charge in [0.05, 0.1) is 10.2 Å². The molecule has 25 heavy (non-hydrogen) atoms. The van der Waals surface area contributed by atoms with Crippen molar-refractivity contribution >= 4 is 39.2 Å². The summed E-state index contributed by atoms with van der Waals surface area (Å²) in [5.74, 6) is 0.359. The number of amides is 1. The highest BCUT2D eigenvalue weighted by Gasteiger charge is 2.12. The van der Waals surface area contributed by atoms with E-state index >= 15 is 0 Å². The van der Waals surface area contributed by atoms with Crippen LogP contribution in [0.1, 0.15) is 21.5 Å². The first-order valence-corrected chi connectivity index (χ1v) is 10.1. The molecule has 0 spiro atoms. The summed E-state index contributed by atoms with van der Waals surface area (Å²) in [6.07, 6.45) is 2.03. The van der Waals surface area contributed by atoms with E-state index < -0.39 is 0 Å². The largest absolute Gasteiger partial charge is 0.316 e. The molecule has 1 aromatic heterocycles. The molecule has 1 amide bonds. The predicted molar refractivity (Wildman–Crippen MR) is 104 cm³/mol. The zero-order valence-electron chi connectivity index (χ0n) is 14.4. The second kappa shape index (κ2) is 7.54. The maximum absolute atomic E-state index is 13.6. The number of halogens is 1. The number of hydrogen-bond donors (Lipinski definition) is 0. The third-order valence-electron chi connectivity index (χ3n) is 3.98. The fourth-order valence-corrected chi connectivity index (χ4v) is 4.09. The first-order valence-electron chi connectivity index (χ1n) is 7.94. The number of thioether (sulfide) groups is 1. The SMILES string of the molecule is CSCCn1c(=NC(=O)c2cc(C)ccc2C)sc2cc(F)ccc21. The van der Waals surface area contributed by atoms with Gasteiger partial charge in [-0.25, -0.2) is 4.39 Å². The van der Waals surface area contributed by atoms with Crippen LogP contribution in [0.2, 0.25) is 0 Å². The first kappa shape index (κ1) is 17.9. The van der Waals surface area contributed by atoms with Crippen molar-refractivity contribution in [3.63, 3.8) is 0 Å². The molecule has 0 aliphatic carbocycles. The minimum Gasteiger partial charge on any atom is -0.316 e. The normalized spacial score (nSPS) is 12.1. The van der Waals surface area contributed by atoms with Gasteiger partial charge in [-0.2, -0.15) is 16.8 Å². The molecule has 3 aromatic rings. The van der Waals surface area contributed by atoms with Crippen LogP contribution in [0, 0.1) is 19.7 Å². The molecule has 0 N–H and O–H groups in total. The van der Waals surface area contributed by atoms with E-state index in [-0.39, 0.29) is 11.7 Å². The number of hydrogen-bond acceptors (Lipinski definition) is 3. The summed E-state index contributed by atoms with van der Waals surface area (Å²) in [6.45, 7) is 4.59. The Morgan fingerprint density at radius 2 is 2.04 bits per heavy atom. The zero-order valence-corrected chi connectivity index (χ0v) is 16.0. The smallest absolute Gasteiger partial charge is 0.279 e. The molecule has 130 valence electrons. The van der Waals surface area contributed by atoms with Crippen molar-refractivity contribution in [2.45, 2.75) is 20.4 Å². The third kappa shape index (κ3) is 3.85. The van der Waals surface area contributed by atoms with E-state index in [0.29, 0.717) is 10.4 Å². The molecule has 0 bridgehead atoms. The lowest BCUT2D eigenvalue weighted by Crippen LogP contribution is -2.18. The average molecular weight is 375 g/mol. The summed E-state index contributed by atoms with van der Waals surface area (Å²) >= 11 is 3.07. The van der Waals surface area contributed by atoms with Crippen LogP contribution in [-0.2, 0) is 6.54 Å². The molecule has 0 aliphatic heterocycles. The average Bonchev–Trinajstić information content (AvgIpc) is 2.91. The van der Waals surface area contributed by atoms with Crippen LogP contribution in [0.5, 0.6) is 0 Å². The molecular formula is C19H19FN2OS2. The van der Waals surface area contributed by atoms with Gasteiger partial charge in [0.2, 0.25) is 0 Å². The van der Waals surface area contributed by atoms with Crippen molar-refractivity contribution in [2.24, 2.45) is 4.99 Å². The Balaban J connectivity index is 2.14. The van der Waals surface area contributed by atoms with E-state index in [4.69, 9.17) is 0 Å². The van der Waals surface area contributed by atoms with Crippen molar-refractivity contribution in [1.29, 1.82) is 0 Å². The number of carbonyl (C=O) groups excluding carboxylic acids is 1. The predicted octanol–water partition coefficient (Wildman–Crippen LogP) is 4.56. The van der Waals surface area contributed by atoms with Gasteiger partial charge >= 0.3 is 0 Å². The van der Waals surface area contributed by atoms with Gasteiger partial charge in [-0.05, 0) is 49.9 Å². The Kier molecular flexibility index (Phi) is 5.39. The highest BCUT2D eigenvalue weighted by Crippen LogP contribution is 2.19. The van der Waals surface area contributed by atoms with Gasteiger partial charge in [-0.15, -0.1) is 0 Å². The highest BCUT2D eigenvalue weighted by atomic mass is 32.2. The molecule has 3 rings (SSSR count). The molecule has 0 saturated heterocycles. The molecule has 0 aliphatic rings. The molecule has 0 atom stereocenters. The number of benzene rings is 2. The summed E-state index contributed by atoms with van der Waals surface area (Å²) in [5, 5.41) is 0. The molecule has 0 saturated carbocycles. The van der Waals surface area contributed by atoms with Crippen molar-refractivity contribution in [3.05, 3.63) is 63.7 Å². The Labute approximate surface area is 154 Å². The molecule has 3 nitrogen and oxygen atoms in total. The van der Waals surface area contributed by atoms with Crippen LogP contribution in [0.25, 0.3) is 10.2 Å². The lowest BCUT2D eigenvalue weighted by Gasteiger charge is -2.05. The minimum atomic E-state index is -0.279. The number of carbonyl (C=O) groups is 1. The van der Waals surface area contributed by atoms with Crippen molar-refractivity contribution in [2.75, 3.05) is 12.0 Å². The lowest BCUT2D eigenvalue weighted by atomic mass is 10.1. The second-order valence-electron chi connectivity index (χ2n) is 5.88. The van der Waals surface area contributed by atoms with Gasteiger partial charge in [0.15, 0.2) is 4.80 Å². The van der Waals surface area contributed by atoms with E-state index in [1.807, 2.05) is 42.9 Å². The number of aromatic nitrogens is 1. The molecule has 0 radical (unpaired) electrons. The monoisotopic (exact) mass is 374 g/mol. The zero-order chi connectivity index (χ0) is 18.0. The molecule has 1 heterocycles. The van der Waals surface area contributed by atoms with Crippen molar-refractivity contribution in [3.8, 4) is 0 Å². The maximum atomic E-state index is 13.6. The summed E-state index contributed by atoms with van der Waals surface area (Å²) in [4.78, 5) is 17.7. The topological polar surface area (TPSA) is 34.4 Å². The Bertz CT molecular complexity index is 1000. The van der Waals surface area contributed by atoms with E-state index in [1.165, 1.54) is 23.5 Å². The number of rotatable bonds is 4. The van der Waals surface area contributed by atoms with Crippen molar-refractivity contribution in [1.82, 2.24) is 4.57 Å². The molecule has 2 aromatic carbocycles.